The van der Waals surface area contributed by atoms with E-state index in [1.165, 1.54) is 7.11 Å². The van der Waals surface area contributed by atoms with Gasteiger partial charge in [-0.25, -0.2) is 4.79 Å². The van der Waals surface area contributed by atoms with Gasteiger partial charge in [0.25, 0.3) is 0 Å². The van der Waals surface area contributed by atoms with Gasteiger partial charge in [0.1, 0.15) is 29.8 Å². The van der Waals surface area contributed by atoms with Crippen molar-refractivity contribution in [3.05, 3.63) is 64.9 Å². The van der Waals surface area contributed by atoms with Crippen LogP contribution >= 0.6 is 11.6 Å². The molecule has 0 spiro atoms. The largest absolute Gasteiger partial charge is 0.490 e. The van der Waals surface area contributed by atoms with Gasteiger partial charge < -0.3 is 19.0 Å². The van der Waals surface area contributed by atoms with Gasteiger partial charge in [0, 0.05) is 10.4 Å². The molecule has 0 saturated carbocycles. The molecule has 3 rings (SSSR count). The fourth-order valence-corrected chi connectivity index (χ4v) is 2.44. The SMILES string of the molecule is COC(=O)c1ccc(OCC(O)c2cc3cc(Cl)ccc3o2)cc1. The summed E-state index contributed by atoms with van der Waals surface area (Å²) >= 11 is 5.93. The fraction of sp³-hybridized carbons (Fsp3) is 0.167. The van der Waals surface area contributed by atoms with Gasteiger partial charge in [0.15, 0.2) is 0 Å². The van der Waals surface area contributed by atoms with Crippen molar-refractivity contribution in [2.45, 2.75) is 6.10 Å². The summed E-state index contributed by atoms with van der Waals surface area (Å²) < 4.78 is 15.7. The lowest BCUT2D eigenvalue weighted by atomic mass is 10.2. The minimum absolute atomic E-state index is 0.0190. The lowest BCUT2D eigenvalue weighted by Gasteiger charge is -2.10. The van der Waals surface area contributed by atoms with Crippen LogP contribution in [0.15, 0.2) is 52.9 Å². The zero-order valence-corrected chi connectivity index (χ0v) is 13.6. The number of fused-ring (bicyclic) bond motifs is 1. The Balaban J connectivity index is 1.65. The summed E-state index contributed by atoms with van der Waals surface area (Å²) in [6, 6.07) is 13.4. The second kappa shape index (κ2) is 6.95. The van der Waals surface area contributed by atoms with E-state index < -0.39 is 12.1 Å². The number of ether oxygens (including phenoxy) is 2. The van der Waals surface area contributed by atoms with Crippen LogP contribution in [0.3, 0.4) is 0 Å². The van der Waals surface area contributed by atoms with Crippen molar-refractivity contribution in [1.29, 1.82) is 0 Å². The standard InChI is InChI=1S/C18H15ClO5/c1-22-18(21)11-2-5-14(6-3-11)23-10-15(20)17-9-12-8-13(19)4-7-16(12)24-17/h2-9,15,20H,10H2,1H3. The van der Waals surface area contributed by atoms with E-state index in [1.807, 2.05) is 0 Å². The van der Waals surface area contributed by atoms with Gasteiger partial charge in [0.2, 0.25) is 0 Å². The number of carbonyl (C=O) groups is 1. The molecule has 1 heterocycles. The second-order valence-corrected chi connectivity index (χ2v) is 5.61. The Morgan fingerprint density at radius 2 is 1.96 bits per heavy atom. The maximum Gasteiger partial charge on any atom is 0.337 e. The van der Waals surface area contributed by atoms with Crippen LogP contribution in [0.4, 0.5) is 0 Å². The molecule has 1 unspecified atom stereocenters. The van der Waals surface area contributed by atoms with E-state index >= 15 is 0 Å². The van der Waals surface area contributed by atoms with Crippen LogP contribution < -0.4 is 4.74 Å². The molecule has 0 aliphatic heterocycles. The zero-order chi connectivity index (χ0) is 17.1. The third-order valence-corrected chi connectivity index (χ3v) is 3.74. The van der Waals surface area contributed by atoms with Crippen molar-refractivity contribution in [2.24, 2.45) is 0 Å². The molecule has 2 aromatic carbocycles. The molecule has 1 aromatic heterocycles. The first-order valence-corrected chi connectivity index (χ1v) is 7.63. The highest BCUT2D eigenvalue weighted by atomic mass is 35.5. The molecular formula is C18H15ClO5. The Morgan fingerprint density at radius 3 is 2.67 bits per heavy atom. The minimum atomic E-state index is -0.920. The van der Waals surface area contributed by atoms with E-state index in [1.54, 1.807) is 48.5 Å². The fourth-order valence-electron chi connectivity index (χ4n) is 2.26. The van der Waals surface area contributed by atoms with Gasteiger partial charge in [-0.1, -0.05) is 11.6 Å². The van der Waals surface area contributed by atoms with Gasteiger partial charge in [-0.3, -0.25) is 0 Å². The van der Waals surface area contributed by atoms with Crippen LogP contribution in [-0.2, 0) is 4.74 Å². The van der Waals surface area contributed by atoms with Crippen molar-refractivity contribution in [2.75, 3.05) is 13.7 Å². The Bertz CT molecular complexity index is 853. The lowest BCUT2D eigenvalue weighted by molar-refractivity contribution is 0.0600. The molecule has 24 heavy (non-hydrogen) atoms. The molecule has 0 fully saturated rings. The maximum absolute atomic E-state index is 11.4. The number of benzene rings is 2. The number of hydrogen-bond donors (Lipinski definition) is 1. The van der Waals surface area contributed by atoms with Crippen molar-refractivity contribution in [3.63, 3.8) is 0 Å². The number of methoxy groups -OCH3 is 1. The van der Waals surface area contributed by atoms with Crippen LogP contribution in [0.1, 0.15) is 22.2 Å². The van der Waals surface area contributed by atoms with Crippen molar-refractivity contribution >= 4 is 28.5 Å². The topological polar surface area (TPSA) is 68.9 Å². The Labute approximate surface area is 143 Å². The molecule has 124 valence electrons. The highest BCUT2D eigenvalue weighted by Gasteiger charge is 2.15. The van der Waals surface area contributed by atoms with Crippen LogP contribution in [-0.4, -0.2) is 24.8 Å². The molecule has 1 atom stereocenters. The number of furan rings is 1. The average Bonchev–Trinajstić information content (AvgIpc) is 3.02. The van der Waals surface area contributed by atoms with E-state index in [-0.39, 0.29) is 6.61 Å². The molecule has 0 bridgehead atoms. The average molecular weight is 347 g/mol. The summed E-state index contributed by atoms with van der Waals surface area (Å²) in [5, 5.41) is 11.6. The van der Waals surface area contributed by atoms with E-state index in [0.29, 0.717) is 27.7 Å². The number of hydrogen-bond acceptors (Lipinski definition) is 5. The highest BCUT2D eigenvalue weighted by Crippen LogP contribution is 2.27. The smallest absolute Gasteiger partial charge is 0.337 e. The second-order valence-electron chi connectivity index (χ2n) is 5.17. The minimum Gasteiger partial charge on any atom is -0.490 e. The van der Waals surface area contributed by atoms with E-state index in [2.05, 4.69) is 4.74 Å². The van der Waals surface area contributed by atoms with E-state index in [4.69, 9.17) is 20.8 Å². The molecule has 0 aliphatic carbocycles. The van der Waals surface area contributed by atoms with Gasteiger partial charge in [-0.2, -0.15) is 0 Å². The molecule has 0 saturated heterocycles. The van der Waals surface area contributed by atoms with E-state index in [0.717, 1.165) is 5.39 Å². The molecule has 3 aromatic rings. The summed E-state index contributed by atoms with van der Waals surface area (Å²) in [5.74, 6) is 0.516. The number of aliphatic hydroxyl groups is 1. The Morgan fingerprint density at radius 1 is 1.21 bits per heavy atom. The molecule has 0 amide bonds. The van der Waals surface area contributed by atoms with Gasteiger partial charge >= 0.3 is 5.97 Å². The summed E-state index contributed by atoms with van der Waals surface area (Å²) in [4.78, 5) is 11.4. The summed E-state index contributed by atoms with van der Waals surface area (Å²) in [7, 11) is 1.32. The normalized spacial score (nSPS) is 12.1. The summed E-state index contributed by atoms with van der Waals surface area (Å²) in [6.07, 6.45) is -0.920. The zero-order valence-electron chi connectivity index (χ0n) is 12.9. The number of carbonyl (C=O) groups excluding carboxylic acids is 1. The first-order chi connectivity index (χ1) is 11.6. The first kappa shape index (κ1) is 16.4. The summed E-state index contributed by atoms with van der Waals surface area (Å²) in [5.41, 5.74) is 1.08. The van der Waals surface area contributed by atoms with Gasteiger partial charge in [-0.05, 0) is 48.5 Å². The molecule has 5 nitrogen and oxygen atoms in total. The summed E-state index contributed by atoms with van der Waals surface area (Å²) in [6.45, 7) is 0.0190. The number of esters is 1. The number of halogens is 1. The molecule has 0 radical (unpaired) electrons. The molecular weight excluding hydrogens is 332 g/mol. The predicted molar refractivity (Wildman–Crippen MR) is 89.5 cm³/mol. The lowest BCUT2D eigenvalue weighted by Crippen LogP contribution is -2.09. The third kappa shape index (κ3) is 3.53. The van der Waals surface area contributed by atoms with Crippen molar-refractivity contribution in [1.82, 2.24) is 0 Å². The van der Waals surface area contributed by atoms with E-state index in [9.17, 15) is 9.90 Å². The molecule has 6 heteroatoms. The Hall–Kier alpha value is -2.50. The Kier molecular flexibility index (Phi) is 4.74. The van der Waals surface area contributed by atoms with Crippen molar-refractivity contribution < 1.29 is 23.8 Å². The third-order valence-electron chi connectivity index (χ3n) is 3.51. The quantitative estimate of drug-likeness (QED) is 0.707. The monoisotopic (exact) mass is 346 g/mol. The van der Waals surface area contributed by atoms with Gasteiger partial charge in [0.05, 0.1) is 12.7 Å². The number of rotatable bonds is 5. The first-order valence-electron chi connectivity index (χ1n) is 7.25. The number of aliphatic hydroxyl groups excluding tert-OH is 1. The highest BCUT2D eigenvalue weighted by molar-refractivity contribution is 6.31. The van der Waals surface area contributed by atoms with Crippen LogP contribution in [0.25, 0.3) is 11.0 Å². The van der Waals surface area contributed by atoms with Crippen LogP contribution in [0, 0.1) is 0 Å². The maximum atomic E-state index is 11.4. The predicted octanol–water partition coefficient (Wildman–Crippen LogP) is 3.99. The molecule has 0 aliphatic rings. The van der Waals surface area contributed by atoms with Crippen LogP contribution in [0.5, 0.6) is 5.75 Å². The van der Waals surface area contributed by atoms with Crippen molar-refractivity contribution in [3.8, 4) is 5.75 Å². The molecule has 1 N–H and O–H groups in total. The van der Waals surface area contributed by atoms with Gasteiger partial charge in [-0.15, -0.1) is 0 Å². The van der Waals surface area contributed by atoms with Crippen LogP contribution in [0.2, 0.25) is 5.02 Å².